The highest BCUT2D eigenvalue weighted by Crippen LogP contribution is 2.38. The van der Waals surface area contributed by atoms with Gasteiger partial charge in [-0.3, -0.25) is 0 Å². The summed E-state index contributed by atoms with van der Waals surface area (Å²) in [5.41, 5.74) is 1.89. The van der Waals surface area contributed by atoms with E-state index in [1.807, 2.05) is 0 Å². The molecule has 0 aliphatic heterocycles. The second-order valence-corrected chi connectivity index (χ2v) is 5.54. The predicted molar refractivity (Wildman–Crippen MR) is 86.1 cm³/mol. The summed E-state index contributed by atoms with van der Waals surface area (Å²) in [5, 5.41) is 0. The largest absolute Gasteiger partial charge is 0.476 e. The molecule has 0 spiro atoms. The zero-order valence-corrected chi connectivity index (χ0v) is 14.1. The molecule has 28 heavy (non-hydrogen) atoms. The van der Waals surface area contributed by atoms with Gasteiger partial charge < -0.3 is 10.5 Å². The van der Waals surface area contributed by atoms with Gasteiger partial charge in [-0.2, -0.15) is 36.3 Å². The number of nitrogens with two attached hydrogens (primary N) is 1. The lowest BCUT2D eigenvalue weighted by Gasteiger charge is -2.14. The van der Waals surface area contributed by atoms with Crippen molar-refractivity contribution in [2.75, 3.05) is 12.3 Å². The fraction of sp³-hybridized carbons (Fsp3) is 0.250. The summed E-state index contributed by atoms with van der Waals surface area (Å²) in [6.07, 6.45) is -8.96. The van der Waals surface area contributed by atoms with Gasteiger partial charge in [0.25, 0.3) is 0 Å². The van der Waals surface area contributed by atoms with E-state index < -0.39 is 29.0 Å². The smallest absolute Gasteiger partial charge is 0.416 e. The van der Waals surface area contributed by atoms with Crippen molar-refractivity contribution in [3.63, 3.8) is 0 Å². The van der Waals surface area contributed by atoms with Crippen molar-refractivity contribution in [1.29, 1.82) is 0 Å². The molecule has 3 aromatic rings. The molecule has 0 aliphatic rings. The monoisotopic (exact) mass is 403 g/mol. The van der Waals surface area contributed by atoms with E-state index in [1.165, 1.54) is 0 Å². The van der Waals surface area contributed by atoms with Crippen LogP contribution >= 0.6 is 0 Å². The lowest BCUT2D eigenvalue weighted by molar-refractivity contribution is -0.143. The van der Waals surface area contributed by atoms with E-state index in [0.29, 0.717) is 12.1 Å². The second-order valence-electron chi connectivity index (χ2n) is 5.54. The number of halogens is 6. The van der Waals surface area contributed by atoms with Crippen molar-refractivity contribution >= 4 is 17.1 Å². The molecule has 2 aromatic heterocycles. The first-order valence-corrected chi connectivity index (χ1v) is 7.72. The summed E-state index contributed by atoms with van der Waals surface area (Å²) in [7, 11) is 0. The maximum atomic E-state index is 13.1. The quantitative estimate of drug-likeness (QED) is 0.663. The van der Waals surface area contributed by atoms with E-state index in [-0.39, 0.29) is 41.4 Å². The van der Waals surface area contributed by atoms with Gasteiger partial charge in [-0.25, -0.2) is 9.97 Å². The number of nitrogens with zero attached hydrogens (tertiary/aromatic N) is 4. The van der Waals surface area contributed by atoms with Gasteiger partial charge >= 0.3 is 12.4 Å². The van der Waals surface area contributed by atoms with Crippen LogP contribution in [0.5, 0.6) is 5.88 Å². The van der Waals surface area contributed by atoms with Crippen molar-refractivity contribution in [1.82, 2.24) is 19.9 Å². The molecule has 1 aromatic carbocycles. The minimum Gasteiger partial charge on any atom is -0.476 e. The summed E-state index contributed by atoms with van der Waals surface area (Å²) in [6.45, 7) is 1.81. The van der Waals surface area contributed by atoms with Gasteiger partial charge in [0, 0.05) is 5.56 Å². The molecule has 0 radical (unpaired) electrons. The molecule has 12 heteroatoms. The molecule has 0 aliphatic carbocycles. The topological polar surface area (TPSA) is 86.8 Å². The molecular weight excluding hydrogens is 392 g/mol. The first-order valence-electron chi connectivity index (χ1n) is 7.72. The van der Waals surface area contributed by atoms with E-state index in [4.69, 9.17) is 10.5 Å². The number of benzene rings is 1. The van der Waals surface area contributed by atoms with Crippen LogP contribution in [0.3, 0.4) is 0 Å². The van der Waals surface area contributed by atoms with Gasteiger partial charge in [0.15, 0.2) is 11.2 Å². The molecule has 0 atom stereocenters. The van der Waals surface area contributed by atoms with Crippen LogP contribution in [0.1, 0.15) is 18.1 Å². The van der Waals surface area contributed by atoms with Crippen LogP contribution in [-0.4, -0.2) is 26.5 Å². The summed E-state index contributed by atoms with van der Waals surface area (Å²) in [6, 6.07) is 1.15. The lowest BCUT2D eigenvalue weighted by Crippen LogP contribution is -2.11. The number of rotatable bonds is 3. The van der Waals surface area contributed by atoms with Crippen molar-refractivity contribution < 1.29 is 31.1 Å². The highest BCUT2D eigenvalue weighted by Gasteiger charge is 2.37. The molecule has 2 heterocycles. The average molecular weight is 403 g/mol. The van der Waals surface area contributed by atoms with Gasteiger partial charge in [0.1, 0.15) is 0 Å². The van der Waals surface area contributed by atoms with Crippen molar-refractivity contribution in [3.8, 4) is 17.1 Å². The minimum absolute atomic E-state index is 0.0114. The zero-order chi connectivity index (χ0) is 20.7. The van der Waals surface area contributed by atoms with Crippen molar-refractivity contribution in [2.24, 2.45) is 0 Å². The Morgan fingerprint density at radius 2 is 1.54 bits per heavy atom. The van der Waals surface area contributed by atoms with E-state index >= 15 is 0 Å². The maximum absolute atomic E-state index is 13.1. The third kappa shape index (κ3) is 3.89. The number of anilines is 1. The van der Waals surface area contributed by atoms with Crippen LogP contribution in [0, 0.1) is 0 Å². The van der Waals surface area contributed by atoms with Crippen LogP contribution in [-0.2, 0) is 12.4 Å². The fourth-order valence-electron chi connectivity index (χ4n) is 2.38. The van der Waals surface area contributed by atoms with Gasteiger partial charge in [-0.1, -0.05) is 0 Å². The molecule has 0 amide bonds. The van der Waals surface area contributed by atoms with Crippen LogP contribution in [0.4, 0.5) is 32.3 Å². The standard InChI is InChI=1S/C16H11F6N5O/c1-2-28-13-11-12(26-14(23)27-13)24-6-10(25-11)7-3-8(15(17,18)19)5-9(4-7)16(20,21)22/h3-6H,2H2,1H3,(H2,23,24,26,27). The van der Waals surface area contributed by atoms with E-state index in [0.717, 1.165) is 6.20 Å². The number of ether oxygens (including phenoxy) is 1. The number of nitrogen functional groups attached to an aromatic ring is 1. The highest BCUT2D eigenvalue weighted by atomic mass is 19.4. The Labute approximate surface area is 153 Å². The Morgan fingerprint density at radius 1 is 0.929 bits per heavy atom. The van der Waals surface area contributed by atoms with Crippen LogP contribution in [0.25, 0.3) is 22.4 Å². The van der Waals surface area contributed by atoms with Gasteiger partial charge in [0.05, 0.1) is 29.6 Å². The summed E-state index contributed by atoms with van der Waals surface area (Å²) in [5.74, 6) is -0.251. The van der Waals surface area contributed by atoms with Crippen LogP contribution < -0.4 is 10.5 Å². The highest BCUT2D eigenvalue weighted by molar-refractivity contribution is 5.79. The molecule has 0 saturated carbocycles. The predicted octanol–water partition coefficient (Wildman–Crippen LogP) is 4.11. The molecule has 0 bridgehead atoms. The molecule has 6 nitrogen and oxygen atoms in total. The summed E-state index contributed by atoms with van der Waals surface area (Å²) in [4.78, 5) is 15.6. The Balaban J connectivity index is 2.24. The average Bonchev–Trinajstić information content (AvgIpc) is 2.59. The fourth-order valence-corrected chi connectivity index (χ4v) is 2.38. The Kier molecular flexibility index (Phi) is 4.73. The second kappa shape index (κ2) is 6.77. The number of hydrogen-bond donors (Lipinski definition) is 1. The Hall–Kier alpha value is -3.18. The first kappa shape index (κ1) is 19.6. The number of fused-ring (bicyclic) bond motifs is 1. The zero-order valence-electron chi connectivity index (χ0n) is 14.1. The van der Waals surface area contributed by atoms with E-state index in [1.54, 1.807) is 6.92 Å². The van der Waals surface area contributed by atoms with Crippen LogP contribution in [0.2, 0.25) is 0 Å². The van der Waals surface area contributed by atoms with Gasteiger partial charge in [-0.15, -0.1) is 0 Å². The van der Waals surface area contributed by atoms with Gasteiger partial charge in [0.2, 0.25) is 11.8 Å². The summed E-state index contributed by atoms with van der Waals surface area (Å²) < 4.78 is 83.6. The SMILES string of the molecule is CCOc1nc(N)nc2ncc(-c3cc(C(F)(F)F)cc(C(F)(F)F)c3)nc12. The number of aromatic nitrogens is 4. The Morgan fingerprint density at radius 3 is 2.07 bits per heavy atom. The van der Waals surface area contributed by atoms with Crippen molar-refractivity contribution in [3.05, 3.63) is 35.5 Å². The molecular formula is C16H11F6N5O. The molecule has 2 N–H and O–H groups in total. The molecule has 3 rings (SSSR count). The third-order valence-corrected chi connectivity index (χ3v) is 3.56. The molecule has 0 fully saturated rings. The number of alkyl halides is 6. The van der Waals surface area contributed by atoms with Crippen molar-refractivity contribution in [2.45, 2.75) is 19.3 Å². The third-order valence-electron chi connectivity index (χ3n) is 3.56. The minimum atomic E-state index is -4.98. The lowest BCUT2D eigenvalue weighted by atomic mass is 10.0. The van der Waals surface area contributed by atoms with Gasteiger partial charge in [-0.05, 0) is 25.1 Å². The maximum Gasteiger partial charge on any atom is 0.416 e. The molecule has 0 unspecified atom stereocenters. The first-order chi connectivity index (χ1) is 13.0. The summed E-state index contributed by atoms with van der Waals surface area (Å²) >= 11 is 0. The van der Waals surface area contributed by atoms with E-state index in [2.05, 4.69) is 19.9 Å². The molecule has 148 valence electrons. The molecule has 0 saturated heterocycles. The number of hydrogen-bond acceptors (Lipinski definition) is 6. The normalized spacial score (nSPS) is 12.4. The van der Waals surface area contributed by atoms with E-state index in [9.17, 15) is 26.3 Å². The Bertz CT molecular complexity index is 1000. The van der Waals surface area contributed by atoms with Crippen LogP contribution in [0.15, 0.2) is 24.4 Å².